The molecule has 0 radical (unpaired) electrons. The second-order valence-electron chi connectivity index (χ2n) is 4.51. The van der Waals surface area contributed by atoms with Gasteiger partial charge in [0.2, 0.25) is 5.91 Å². The van der Waals surface area contributed by atoms with E-state index in [4.69, 9.17) is 0 Å². The van der Waals surface area contributed by atoms with Crippen LogP contribution < -0.4 is 5.32 Å². The summed E-state index contributed by atoms with van der Waals surface area (Å²) in [5, 5.41) is 3.08. The van der Waals surface area contributed by atoms with Crippen molar-refractivity contribution in [2.24, 2.45) is 11.8 Å². The molecule has 1 rings (SSSR count). The number of rotatable bonds is 3. The zero-order valence-electron chi connectivity index (χ0n) is 8.97. The van der Waals surface area contributed by atoms with Crippen molar-refractivity contribution in [1.82, 2.24) is 5.32 Å². The normalized spacial score (nSPS) is 20.6. The molecule has 1 saturated carbocycles. The van der Waals surface area contributed by atoms with Gasteiger partial charge < -0.3 is 5.32 Å². The average Bonchev–Trinajstić information content (AvgIpc) is 2.50. The summed E-state index contributed by atoms with van der Waals surface area (Å²) in [6.07, 6.45) is 5.27. The first-order chi connectivity index (χ1) is 6.11. The number of hydrogen-bond donors (Lipinski definition) is 1. The molecule has 0 saturated heterocycles. The van der Waals surface area contributed by atoms with Gasteiger partial charge in [0, 0.05) is 13.0 Å². The second-order valence-corrected chi connectivity index (χ2v) is 4.51. The van der Waals surface area contributed by atoms with E-state index < -0.39 is 0 Å². The number of amides is 1. The quantitative estimate of drug-likeness (QED) is 0.715. The van der Waals surface area contributed by atoms with Crippen molar-refractivity contribution in [2.45, 2.75) is 52.5 Å². The predicted octanol–water partition coefficient (Wildman–Crippen LogP) is 2.34. The summed E-state index contributed by atoms with van der Waals surface area (Å²) in [7, 11) is 0. The highest BCUT2D eigenvalue weighted by molar-refractivity contribution is 5.73. The molecule has 0 spiro atoms. The van der Waals surface area contributed by atoms with Gasteiger partial charge in [-0.05, 0) is 24.7 Å². The molecule has 0 aromatic heterocycles. The Hall–Kier alpha value is -0.530. The van der Waals surface area contributed by atoms with E-state index in [1.165, 1.54) is 25.7 Å². The standard InChI is InChI=1S/C11H21NO/c1-8(2)11(12-9(3)13)10-6-4-5-7-10/h8,10-11H,4-7H2,1-3H3,(H,12,13)/t11-/m0/s1. The highest BCUT2D eigenvalue weighted by Crippen LogP contribution is 2.30. The Morgan fingerprint density at radius 1 is 1.31 bits per heavy atom. The molecular formula is C11H21NO. The molecule has 0 bridgehead atoms. The van der Waals surface area contributed by atoms with E-state index in [9.17, 15) is 4.79 Å². The summed E-state index contributed by atoms with van der Waals surface area (Å²) in [6, 6.07) is 0.403. The molecule has 76 valence electrons. The van der Waals surface area contributed by atoms with Crippen molar-refractivity contribution < 1.29 is 4.79 Å². The minimum atomic E-state index is 0.116. The topological polar surface area (TPSA) is 29.1 Å². The summed E-state index contributed by atoms with van der Waals surface area (Å²) in [4.78, 5) is 11.0. The van der Waals surface area contributed by atoms with E-state index in [1.54, 1.807) is 6.92 Å². The summed E-state index contributed by atoms with van der Waals surface area (Å²) >= 11 is 0. The Bertz CT molecular complexity index is 171. The Morgan fingerprint density at radius 3 is 2.23 bits per heavy atom. The Kier molecular flexibility index (Phi) is 3.76. The van der Waals surface area contributed by atoms with E-state index in [1.807, 2.05) is 0 Å². The van der Waals surface area contributed by atoms with Gasteiger partial charge in [0.1, 0.15) is 0 Å². The minimum absolute atomic E-state index is 0.116. The van der Waals surface area contributed by atoms with Crippen LogP contribution in [0.25, 0.3) is 0 Å². The van der Waals surface area contributed by atoms with Gasteiger partial charge in [0.25, 0.3) is 0 Å². The van der Waals surface area contributed by atoms with Crippen LogP contribution in [0.1, 0.15) is 46.5 Å². The van der Waals surface area contributed by atoms with Crippen molar-refractivity contribution in [2.75, 3.05) is 0 Å². The molecule has 0 aromatic carbocycles. The van der Waals surface area contributed by atoms with Crippen LogP contribution in [0.5, 0.6) is 0 Å². The van der Waals surface area contributed by atoms with Gasteiger partial charge in [-0.2, -0.15) is 0 Å². The predicted molar refractivity (Wildman–Crippen MR) is 54.4 cm³/mol. The molecule has 1 atom stereocenters. The average molecular weight is 183 g/mol. The maximum Gasteiger partial charge on any atom is 0.217 e. The fourth-order valence-electron chi connectivity index (χ4n) is 2.38. The molecule has 0 heterocycles. The summed E-state index contributed by atoms with van der Waals surface area (Å²) in [5.74, 6) is 1.40. The van der Waals surface area contributed by atoms with Crippen molar-refractivity contribution in [3.05, 3.63) is 0 Å². The van der Waals surface area contributed by atoms with Gasteiger partial charge in [-0.25, -0.2) is 0 Å². The molecule has 0 unspecified atom stereocenters. The van der Waals surface area contributed by atoms with E-state index in [-0.39, 0.29) is 5.91 Å². The van der Waals surface area contributed by atoms with Crippen LogP contribution in [-0.4, -0.2) is 11.9 Å². The van der Waals surface area contributed by atoms with Gasteiger partial charge in [-0.3, -0.25) is 4.79 Å². The first kappa shape index (κ1) is 10.6. The zero-order valence-corrected chi connectivity index (χ0v) is 8.97. The number of carbonyl (C=O) groups excluding carboxylic acids is 1. The van der Waals surface area contributed by atoms with E-state index >= 15 is 0 Å². The van der Waals surface area contributed by atoms with Crippen LogP contribution in [0.3, 0.4) is 0 Å². The van der Waals surface area contributed by atoms with Gasteiger partial charge in [0.05, 0.1) is 0 Å². The minimum Gasteiger partial charge on any atom is -0.353 e. The fraction of sp³-hybridized carbons (Fsp3) is 0.909. The lowest BCUT2D eigenvalue weighted by atomic mass is 9.89. The maximum atomic E-state index is 11.0. The third-order valence-corrected chi connectivity index (χ3v) is 3.00. The summed E-state index contributed by atoms with van der Waals surface area (Å²) in [5.41, 5.74) is 0. The number of hydrogen-bond acceptors (Lipinski definition) is 1. The molecule has 1 fully saturated rings. The largest absolute Gasteiger partial charge is 0.353 e. The molecule has 2 nitrogen and oxygen atoms in total. The van der Waals surface area contributed by atoms with Crippen LogP contribution in [-0.2, 0) is 4.79 Å². The van der Waals surface area contributed by atoms with E-state index in [0.717, 1.165) is 5.92 Å². The highest BCUT2D eigenvalue weighted by atomic mass is 16.1. The van der Waals surface area contributed by atoms with E-state index in [2.05, 4.69) is 19.2 Å². The third-order valence-electron chi connectivity index (χ3n) is 3.00. The molecular weight excluding hydrogens is 162 g/mol. The number of nitrogens with one attached hydrogen (secondary N) is 1. The van der Waals surface area contributed by atoms with Gasteiger partial charge >= 0.3 is 0 Å². The molecule has 1 N–H and O–H groups in total. The lowest BCUT2D eigenvalue weighted by Gasteiger charge is -2.27. The number of carbonyl (C=O) groups is 1. The zero-order chi connectivity index (χ0) is 9.84. The summed E-state index contributed by atoms with van der Waals surface area (Å²) < 4.78 is 0. The van der Waals surface area contributed by atoms with Crippen molar-refractivity contribution in [3.63, 3.8) is 0 Å². The van der Waals surface area contributed by atoms with Crippen molar-refractivity contribution in [3.8, 4) is 0 Å². The summed E-state index contributed by atoms with van der Waals surface area (Å²) in [6.45, 7) is 6.00. The smallest absolute Gasteiger partial charge is 0.217 e. The molecule has 2 heteroatoms. The Morgan fingerprint density at radius 2 is 1.85 bits per heavy atom. The lowest BCUT2D eigenvalue weighted by Crippen LogP contribution is -2.42. The molecule has 13 heavy (non-hydrogen) atoms. The van der Waals surface area contributed by atoms with Crippen LogP contribution >= 0.6 is 0 Å². The van der Waals surface area contributed by atoms with Crippen LogP contribution in [0.4, 0.5) is 0 Å². The molecule has 1 amide bonds. The van der Waals surface area contributed by atoms with Crippen molar-refractivity contribution >= 4 is 5.91 Å². The van der Waals surface area contributed by atoms with Gasteiger partial charge in [-0.1, -0.05) is 26.7 Å². The first-order valence-electron chi connectivity index (χ1n) is 5.38. The first-order valence-corrected chi connectivity index (χ1v) is 5.38. The highest BCUT2D eigenvalue weighted by Gasteiger charge is 2.27. The Labute approximate surface area is 81.1 Å². The molecule has 1 aliphatic carbocycles. The third kappa shape index (κ3) is 3.02. The molecule has 0 aliphatic heterocycles. The Balaban J connectivity index is 2.50. The van der Waals surface area contributed by atoms with Gasteiger partial charge in [-0.15, -0.1) is 0 Å². The molecule has 1 aliphatic rings. The SMILES string of the molecule is CC(=O)N[C@@H](C(C)C)C1CCCC1. The molecule has 0 aromatic rings. The fourth-order valence-corrected chi connectivity index (χ4v) is 2.38. The van der Waals surface area contributed by atoms with Crippen LogP contribution in [0, 0.1) is 11.8 Å². The van der Waals surface area contributed by atoms with Crippen LogP contribution in [0.2, 0.25) is 0 Å². The maximum absolute atomic E-state index is 11.0. The lowest BCUT2D eigenvalue weighted by molar-refractivity contribution is -0.120. The van der Waals surface area contributed by atoms with Crippen molar-refractivity contribution in [1.29, 1.82) is 0 Å². The van der Waals surface area contributed by atoms with Gasteiger partial charge in [0.15, 0.2) is 0 Å². The second kappa shape index (κ2) is 4.64. The monoisotopic (exact) mass is 183 g/mol. The van der Waals surface area contributed by atoms with Crippen LogP contribution in [0.15, 0.2) is 0 Å². The van der Waals surface area contributed by atoms with E-state index in [0.29, 0.717) is 12.0 Å².